The summed E-state index contributed by atoms with van der Waals surface area (Å²) in [4.78, 5) is 17.3. The molecular weight excluding hydrogens is 444 g/mol. The Morgan fingerprint density at radius 3 is 2.73 bits per heavy atom. The SMILES string of the molecule is CCCn1c(SC(C)C(=O)Nc2cccc(Cl)c2C)nc2cc(S(N)(=O)=O)ccc21. The van der Waals surface area contributed by atoms with E-state index < -0.39 is 15.3 Å². The van der Waals surface area contributed by atoms with E-state index in [1.807, 2.05) is 18.4 Å². The van der Waals surface area contributed by atoms with E-state index in [2.05, 4.69) is 10.3 Å². The van der Waals surface area contributed by atoms with Crippen molar-refractivity contribution >= 4 is 56.0 Å². The van der Waals surface area contributed by atoms with E-state index >= 15 is 0 Å². The molecular formula is C20H23ClN4O3S2. The van der Waals surface area contributed by atoms with Crippen LogP contribution in [0.5, 0.6) is 0 Å². The highest BCUT2D eigenvalue weighted by molar-refractivity contribution is 8.00. The Morgan fingerprint density at radius 2 is 2.07 bits per heavy atom. The summed E-state index contributed by atoms with van der Waals surface area (Å²) in [6, 6.07) is 9.98. The Hall–Kier alpha value is -2.07. The number of nitrogens with one attached hydrogen (secondary N) is 1. The average Bonchev–Trinajstić information content (AvgIpc) is 3.01. The molecule has 2 aromatic carbocycles. The van der Waals surface area contributed by atoms with Gasteiger partial charge in [0.1, 0.15) is 0 Å². The summed E-state index contributed by atoms with van der Waals surface area (Å²) in [6.45, 7) is 6.37. The lowest BCUT2D eigenvalue weighted by Crippen LogP contribution is -2.23. The first-order valence-electron chi connectivity index (χ1n) is 9.37. The van der Waals surface area contributed by atoms with Crippen LogP contribution in [0.25, 0.3) is 11.0 Å². The van der Waals surface area contributed by atoms with Crippen LogP contribution in [0.2, 0.25) is 5.02 Å². The van der Waals surface area contributed by atoms with Gasteiger partial charge in [0.25, 0.3) is 0 Å². The molecule has 1 atom stereocenters. The number of amides is 1. The van der Waals surface area contributed by atoms with Gasteiger partial charge in [0.15, 0.2) is 5.16 Å². The number of carbonyl (C=O) groups excluding carboxylic acids is 1. The summed E-state index contributed by atoms with van der Waals surface area (Å²) in [5.74, 6) is -0.175. The third-order valence-corrected chi connectivity index (χ3v) is 7.05. The van der Waals surface area contributed by atoms with E-state index in [1.165, 1.54) is 23.9 Å². The van der Waals surface area contributed by atoms with Crippen molar-refractivity contribution < 1.29 is 13.2 Å². The summed E-state index contributed by atoms with van der Waals surface area (Å²) in [6.07, 6.45) is 0.859. The number of rotatable bonds is 7. The van der Waals surface area contributed by atoms with Crippen molar-refractivity contribution in [3.8, 4) is 0 Å². The van der Waals surface area contributed by atoms with Crippen molar-refractivity contribution in [2.45, 2.75) is 49.0 Å². The summed E-state index contributed by atoms with van der Waals surface area (Å²) >= 11 is 7.44. The van der Waals surface area contributed by atoms with E-state index in [0.29, 0.717) is 27.9 Å². The molecule has 1 unspecified atom stereocenters. The maximum atomic E-state index is 12.7. The second kappa shape index (κ2) is 8.97. The lowest BCUT2D eigenvalue weighted by molar-refractivity contribution is -0.115. The molecule has 3 rings (SSSR count). The van der Waals surface area contributed by atoms with Gasteiger partial charge in [-0.2, -0.15) is 0 Å². The largest absolute Gasteiger partial charge is 0.325 e. The Kier molecular flexibility index (Phi) is 6.76. The second-order valence-electron chi connectivity index (χ2n) is 6.90. The Labute approximate surface area is 185 Å². The summed E-state index contributed by atoms with van der Waals surface area (Å²) in [7, 11) is -3.82. The molecule has 160 valence electrons. The van der Waals surface area contributed by atoms with Gasteiger partial charge >= 0.3 is 0 Å². The number of nitrogens with two attached hydrogens (primary N) is 1. The highest BCUT2D eigenvalue weighted by Gasteiger charge is 2.21. The van der Waals surface area contributed by atoms with Gasteiger partial charge in [-0.15, -0.1) is 0 Å². The van der Waals surface area contributed by atoms with Crippen LogP contribution in [-0.4, -0.2) is 29.1 Å². The number of thioether (sulfide) groups is 1. The normalized spacial score (nSPS) is 12.8. The van der Waals surface area contributed by atoms with E-state index in [0.717, 1.165) is 17.5 Å². The van der Waals surface area contributed by atoms with Crippen molar-refractivity contribution in [2.24, 2.45) is 5.14 Å². The highest BCUT2D eigenvalue weighted by atomic mass is 35.5. The molecule has 0 aliphatic carbocycles. The molecule has 1 aromatic heterocycles. The number of benzene rings is 2. The van der Waals surface area contributed by atoms with Gasteiger partial charge in [0.2, 0.25) is 15.9 Å². The van der Waals surface area contributed by atoms with Crippen LogP contribution in [0.15, 0.2) is 46.5 Å². The van der Waals surface area contributed by atoms with Crippen LogP contribution in [-0.2, 0) is 21.4 Å². The molecule has 1 amide bonds. The van der Waals surface area contributed by atoms with E-state index in [-0.39, 0.29) is 10.8 Å². The zero-order valence-corrected chi connectivity index (χ0v) is 19.2. The maximum absolute atomic E-state index is 12.7. The monoisotopic (exact) mass is 466 g/mol. The van der Waals surface area contributed by atoms with E-state index in [4.69, 9.17) is 16.7 Å². The minimum Gasteiger partial charge on any atom is -0.325 e. The quantitative estimate of drug-likeness (QED) is 0.508. The molecule has 10 heteroatoms. The predicted octanol–water partition coefficient (Wildman–Crippen LogP) is 4.17. The molecule has 0 fully saturated rings. The van der Waals surface area contributed by atoms with Crippen LogP contribution in [0.1, 0.15) is 25.8 Å². The fourth-order valence-electron chi connectivity index (χ4n) is 2.98. The topological polar surface area (TPSA) is 107 Å². The number of carbonyl (C=O) groups is 1. The molecule has 7 nitrogen and oxygen atoms in total. The van der Waals surface area contributed by atoms with Gasteiger partial charge in [-0.3, -0.25) is 4.79 Å². The van der Waals surface area contributed by atoms with Crippen LogP contribution in [0.4, 0.5) is 5.69 Å². The van der Waals surface area contributed by atoms with Crippen LogP contribution in [0, 0.1) is 6.92 Å². The second-order valence-corrected chi connectivity index (χ2v) is 10.2. The number of primary sulfonamides is 1. The number of hydrogen-bond acceptors (Lipinski definition) is 5. The van der Waals surface area contributed by atoms with Crippen molar-refractivity contribution in [1.82, 2.24) is 9.55 Å². The van der Waals surface area contributed by atoms with Crippen LogP contribution in [0.3, 0.4) is 0 Å². The summed E-state index contributed by atoms with van der Waals surface area (Å²) in [5, 5.41) is 8.94. The minimum absolute atomic E-state index is 0.00919. The molecule has 0 radical (unpaired) electrons. The number of hydrogen-bond donors (Lipinski definition) is 2. The fourth-order valence-corrected chi connectivity index (χ4v) is 4.64. The van der Waals surface area contributed by atoms with Gasteiger partial charge in [-0.05, 0) is 56.2 Å². The lowest BCUT2D eigenvalue weighted by atomic mass is 10.2. The first-order valence-corrected chi connectivity index (χ1v) is 12.2. The zero-order chi connectivity index (χ0) is 22.1. The van der Waals surface area contributed by atoms with Gasteiger partial charge in [0.05, 0.1) is 21.2 Å². The molecule has 0 saturated heterocycles. The number of halogens is 1. The molecule has 0 aliphatic heterocycles. The third-order valence-electron chi connectivity index (χ3n) is 4.64. The Balaban J connectivity index is 1.88. The van der Waals surface area contributed by atoms with E-state index in [9.17, 15) is 13.2 Å². The number of fused-ring (bicyclic) bond motifs is 1. The lowest BCUT2D eigenvalue weighted by Gasteiger charge is -2.14. The van der Waals surface area contributed by atoms with Crippen molar-refractivity contribution in [2.75, 3.05) is 5.32 Å². The van der Waals surface area contributed by atoms with Crippen molar-refractivity contribution in [3.63, 3.8) is 0 Å². The van der Waals surface area contributed by atoms with Gasteiger partial charge < -0.3 is 9.88 Å². The fraction of sp³-hybridized carbons (Fsp3) is 0.300. The first kappa shape index (κ1) is 22.6. The standard InChI is InChI=1S/C20H23ClN4O3S2/c1-4-10-25-18-9-8-14(30(22,27)28)11-17(18)24-20(25)29-13(3)19(26)23-16-7-5-6-15(21)12(16)2/h5-9,11,13H,4,10H2,1-3H3,(H,23,26)(H2,22,27,28). The number of aryl methyl sites for hydroxylation is 1. The number of nitrogens with zero attached hydrogens (tertiary/aromatic N) is 2. The Bertz CT molecular complexity index is 1210. The first-order chi connectivity index (χ1) is 14.1. The number of imidazole rings is 1. The van der Waals surface area contributed by atoms with Crippen molar-refractivity contribution in [3.05, 3.63) is 47.0 Å². The van der Waals surface area contributed by atoms with Crippen LogP contribution >= 0.6 is 23.4 Å². The Morgan fingerprint density at radius 1 is 1.33 bits per heavy atom. The van der Waals surface area contributed by atoms with Crippen LogP contribution < -0.4 is 10.5 Å². The molecule has 0 bridgehead atoms. The molecule has 30 heavy (non-hydrogen) atoms. The molecule has 0 spiro atoms. The zero-order valence-electron chi connectivity index (χ0n) is 16.8. The smallest absolute Gasteiger partial charge is 0.238 e. The number of sulfonamides is 1. The highest BCUT2D eigenvalue weighted by Crippen LogP contribution is 2.30. The average molecular weight is 467 g/mol. The summed E-state index contributed by atoms with van der Waals surface area (Å²) in [5.41, 5.74) is 2.79. The maximum Gasteiger partial charge on any atom is 0.238 e. The van der Waals surface area contributed by atoms with Gasteiger partial charge in [-0.25, -0.2) is 18.5 Å². The van der Waals surface area contributed by atoms with Gasteiger partial charge in [0, 0.05) is 17.3 Å². The van der Waals surface area contributed by atoms with Gasteiger partial charge in [-0.1, -0.05) is 36.4 Å². The molecule has 3 aromatic rings. The number of aromatic nitrogens is 2. The van der Waals surface area contributed by atoms with E-state index in [1.54, 1.807) is 31.2 Å². The molecule has 0 saturated carbocycles. The summed E-state index contributed by atoms with van der Waals surface area (Å²) < 4.78 is 25.3. The number of anilines is 1. The molecule has 0 aliphatic rings. The predicted molar refractivity (Wildman–Crippen MR) is 122 cm³/mol. The molecule has 1 heterocycles. The van der Waals surface area contributed by atoms with Crippen molar-refractivity contribution in [1.29, 1.82) is 0 Å². The third kappa shape index (κ3) is 4.80. The minimum atomic E-state index is -3.82. The molecule has 3 N–H and O–H groups in total.